The second-order valence-corrected chi connectivity index (χ2v) is 9.82. The predicted molar refractivity (Wildman–Crippen MR) is 114 cm³/mol. The van der Waals surface area contributed by atoms with Crippen LogP contribution in [-0.4, -0.2) is 54.6 Å². The molecule has 0 bridgehead atoms. The van der Waals surface area contributed by atoms with Crippen LogP contribution in [0.5, 0.6) is 0 Å². The summed E-state index contributed by atoms with van der Waals surface area (Å²) in [6.07, 6.45) is 5.11. The minimum Gasteiger partial charge on any atom is -0.443 e. The van der Waals surface area contributed by atoms with Crippen LogP contribution in [-0.2, 0) is 19.0 Å². The van der Waals surface area contributed by atoms with Gasteiger partial charge in [-0.15, -0.1) is 0 Å². The molecule has 31 heavy (non-hydrogen) atoms. The van der Waals surface area contributed by atoms with E-state index >= 15 is 0 Å². The van der Waals surface area contributed by atoms with E-state index in [9.17, 15) is 9.59 Å². The van der Waals surface area contributed by atoms with E-state index in [1.165, 1.54) is 4.90 Å². The fourth-order valence-corrected chi connectivity index (χ4v) is 4.78. The maximum atomic E-state index is 13.2. The molecule has 2 aliphatic heterocycles. The molecule has 2 amide bonds. The number of carbonyl (C=O) groups excluding carboxylic acids is 2. The zero-order valence-electron chi connectivity index (χ0n) is 19.0. The van der Waals surface area contributed by atoms with E-state index in [0.717, 1.165) is 18.4 Å². The Morgan fingerprint density at radius 1 is 1.39 bits per heavy atom. The van der Waals surface area contributed by atoms with Crippen LogP contribution in [0, 0.1) is 17.8 Å². The molecule has 0 unspecified atom stereocenters. The van der Waals surface area contributed by atoms with E-state index in [2.05, 4.69) is 23.0 Å². The Bertz CT molecular complexity index is 762. The van der Waals surface area contributed by atoms with Crippen molar-refractivity contribution in [1.82, 2.24) is 4.90 Å². The molecule has 1 aliphatic carbocycles. The van der Waals surface area contributed by atoms with Gasteiger partial charge in [0.15, 0.2) is 5.79 Å². The van der Waals surface area contributed by atoms with Crippen LogP contribution in [0.25, 0.3) is 10.4 Å². The van der Waals surface area contributed by atoms with Gasteiger partial charge in [-0.05, 0) is 69.4 Å². The number of nitrogens with zero attached hydrogens (tertiary/aromatic N) is 4. The molecule has 3 atom stereocenters. The molecule has 2 saturated heterocycles. The number of carbonyl (C=O) groups is 2. The summed E-state index contributed by atoms with van der Waals surface area (Å²) in [5.74, 6) is -0.844. The molecule has 2 heterocycles. The summed E-state index contributed by atoms with van der Waals surface area (Å²) in [4.78, 5) is 29.9. The van der Waals surface area contributed by atoms with E-state index in [-0.39, 0.29) is 17.7 Å². The standard InChI is InChI=1S/C22H34N4O5/c1-15-7-8-17(22(13-15)29-10-11-30-22)12-16-14-26(20(28)31-21(2,3)4)19(27)18(16)6-5-9-24-25-23/h8,15-16,18H,5-7,9-14H2,1-4H3/t15-,16-,18+/m1/s1. The maximum Gasteiger partial charge on any atom is 0.417 e. The third-order valence-corrected chi connectivity index (χ3v) is 6.13. The summed E-state index contributed by atoms with van der Waals surface area (Å²) < 4.78 is 17.6. The molecule has 9 heteroatoms. The highest BCUT2D eigenvalue weighted by Crippen LogP contribution is 2.44. The average Bonchev–Trinajstić information content (AvgIpc) is 3.25. The lowest BCUT2D eigenvalue weighted by Gasteiger charge is -2.37. The number of likely N-dealkylation sites (tertiary alicyclic amines) is 1. The largest absolute Gasteiger partial charge is 0.443 e. The Kier molecular flexibility index (Phi) is 7.29. The molecule has 1 spiro atoms. The lowest BCUT2D eigenvalue weighted by molar-refractivity contribution is -0.145. The Labute approximate surface area is 183 Å². The first-order valence-corrected chi connectivity index (χ1v) is 11.2. The van der Waals surface area contributed by atoms with Crippen LogP contribution in [0.1, 0.15) is 59.8 Å². The fraction of sp³-hybridized carbons (Fsp3) is 0.818. The topological polar surface area (TPSA) is 114 Å². The zero-order chi connectivity index (χ0) is 22.6. The molecule has 0 radical (unpaired) electrons. The third kappa shape index (κ3) is 5.59. The lowest BCUT2D eigenvalue weighted by atomic mass is 9.78. The van der Waals surface area contributed by atoms with Gasteiger partial charge in [0, 0.05) is 30.3 Å². The first kappa shape index (κ1) is 23.6. The van der Waals surface area contributed by atoms with Crippen molar-refractivity contribution in [3.05, 3.63) is 22.1 Å². The normalized spacial score (nSPS) is 27.9. The van der Waals surface area contributed by atoms with Crippen LogP contribution in [0.3, 0.4) is 0 Å². The molecule has 2 fully saturated rings. The SMILES string of the molecule is C[C@@H]1CC=C(C[C@@H]2CN(C(=O)OC(C)(C)C)C(=O)[C@H]2CCCN=[N+]=[N-])C2(C1)OCCO2. The van der Waals surface area contributed by atoms with Crippen molar-refractivity contribution in [3.63, 3.8) is 0 Å². The number of azide groups is 1. The number of allylic oxidation sites excluding steroid dienone is 1. The maximum absolute atomic E-state index is 13.2. The monoisotopic (exact) mass is 434 g/mol. The van der Waals surface area contributed by atoms with Gasteiger partial charge in [-0.2, -0.15) is 0 Å². The van der Waals surface area contributed by atoms with Gasteiger partial charge in [0.2, 0.25) is 5.91 Å². The number of ether oxygens (including phenoxy) is 3. The molecule has 9 nitrogen and oxygen atoms in total. The smallest absolute Gasteiger partial charge is 0.417 e. The number of imide groups is 1. The number of rotatable bonds is 6. The van der Waals surface area contributed by atoms with Gasteiger partial charge in [-0.25, -0.2) is 9.69 Å². The number of hydrogen-bond donors (Lipinski definition) is 0. The Hall–Kier alpha value is -2.09. The highest BCUT2D eigenvalue weighted by atomic mass is 16.7. The van der Waals surface area contributed by atoms with Gasteiger partial charge in [0.1, 0.15) is 5.60 Å². The number of amides is 2. The minimum atomic E-state index is -0.699. The zero-order valence-corrected chi connectivity index (χ0v) is 19.0. The Morgan fingerprint density at radius 3 is 2.74 bits per heavy atom. The lowest BCUT2D eigenvalue weighted by Crippen LogP contribution is -2.39. The summed E-state index contributed by atoms with van der Waals surface area (Å²) in [5, 5.41) is 3.58. The highest BCUT2D eigenvalue weighted by molar-refractivity contribution is 5.95. The molecular weight excluding hydrogens is 400 g/mol. The van der Waals surface area contributed by atoms with Gasteiger partial charge in [0.05, 0.1) is 13.2 Å². The van der Waals surface area contributed by atoms with Crippen molar-refractivity contribution in [3.8, 4) is 0 Å². The third-order valence-electron chi connectivity index (χ3n) is 6.13. The number of hydrogen-bond acceptors (Lipinski definition) is 6. The molecule has 0 saturated carbocycles. The minimum absolute atomic E-state index is 0.0598. The van der Waals surface area contributed by atoms with E-state index < -0.39 is 17.5 Å². The highest BCUT2D eigenvalue weighted by Gasteiger charge is 2.49. The van der Waals surface area contributed by atoms with E-state index in [0.29, 0.717) is 51.5 Å². The van der Waals surface area contributed by atoms with E-state index in [1.807, 2.05) is 0 Å². The van der Waals surface area contributed by atoms with Gasteiger partial charge in [-0.3, -0.25) is 4.79 Å². The predicted octanol–water partition coefficient (Wildman–Crippen LogP) is 4.58. The van der Waals surface area contributed by atoms with E-state index in [4.69, 9.17) is 19.7 Å². The van der Waals surface area contributed by atoms with Gasteiger partial charge in [-0.1, -0.05) is 18.1 Å². The second-order valence-electron chi connectivity index (χ2n) is 9.82. The molecular formula is C22H34N4O5. The summed E-state index contributed by atoms with van der Waals surface area (Å²) in [6.45, 7) is 9.30. The molecule has 0 aromatic rings. The molecule has 3 rings (SSSR count). The first-order valence-electron chi connectivity index (χ1n) is 11.2. The Balaban J connectivity index is 1.78. The quantitative estimate of drug-likeness (QED) is 0.200. The van der Waals surface area contributed by atoms with Crippen LogP contribution < -0.4 is 0 Å². The summed E-state index contributed by atoms with van der Waals surface area (Å²) in [6, 6.07) is 0. The van der Waals surface area contributed by atoms with Crippen molar-refractivity contribution in [2.45, 2.75) is 71.2 Å². The van der Waals surface area contributed by atoms with Crippen LogP contribution in [0.15, 0.2) is 16.8 Å². The second kappa shape index (κ2) is 9.59. The molecule has 0 N–H and O–H groups in total. The molecule has 0 aromatic carbocycles. The van der Waals surface area contributed by atoms with Crippen molar-refractivity contribution in [2.24, 2.45) is 22.9 Å². The van der Waals surface area contributed by atoms with Crippen molar-refractivity contribution < 1.29 is 23.8 Å². The van der Waals surface area contributed by atoms with Gasteiger partial charge in [0.25, 0.3) is 0 Å². The van der Waals surface area contributed by atoms with Crippen molar-refractivity contribution in [1.29, 1.82) is 0 Å². The Morgan fingerprint density at radius 2 is 2.10 bits per heavy atom. The van der Waals surface area contributed by atoms with Gasteiger partial charge < -0.3 is 14.2 Å². The van der Waals surface area contributed by atoms with Crippen LogP contribution >= 0.6 is 0 Å². The molecule has 172 valence electrons. The van der Waals surface area contributed by atoms with E-state index in [1.54, 1.807) is 20.8 Å². The fourth-order valence-electron chi connectivity index (χ4n) is 4.78. The van der Waals surface area contributed by atoms with Crippen molar-refractivity contribution >= 4 is 12.0 Å². The van der Waals surface area contributed by atoms with Gasteiger partial charge >= 0.3 is 6.09 Å². The van der Waals surface area contributed by atoms with Crippen molar-refractivity contribution in [2.75, 3.05) is 26.3 Å². The van der Waals surface area contributed by atoms with Crippen LogP contribution in [0.2, 0.25) is 0 Å². The average molecular weight is 435 g/mol. The molecule has 0 aromatic heterocycles. The summed E-state index contributed by atoms with van der Waals surface area (Å²) in [5.41, 5.74) is 8.93. The van der Waals surface area contributed by atoms with Crippen LogP contribution in [0.4, 0.5) is 4.79 Å². The summed E-state index contributed by atoms with van der Waals surface area (Å²) >= 11 is 0. The molecule has 3 aliphatic rings. The summed E-state index contributed by atoms with van der Waals surface area (Å²) in [7, 11) is 0. The first-order chi connectivity index (χ1) is 14.6.